The Hall–Kier alpha value is -2.49. The first-order valence-electron chi connectivity index (χ1n) is 7.97. The van der Waals surface area contributed by atoms with Crippen molar-refractivity contribution in [3.8, 4) is 10.6 Å². The van der Waals surface area contributed by atoms with Gasteiger partial charge in [0.05, 0.1) is 15.6 Å². The van der Waals surface area contributed by atoms with Crippen molar-refractivity contribution in [2.24, 2.45) is 7.05 Å². The van der Waals surface area contributed by atoms with Crippen LogP contribution in [0.2, 0.25) is 0 Å². The minimum Gasteiger partial charge on any atom is -1.00 e. The predicted molar refractivity (Wildman–Crippen MR) is 101 cm³/mol. The van der Waals surface area contributed by atoms with Crippen LogP contribution in [0.5, 0.6) is 0 Å². The van der Waals surface area contributed by atoms with Crippen LogP contribution in [-0.4, -0.2) is 4.98 Å². The first kappa shape index (κ1) is 16.0. The van der Waals surface area contributed by atoms with Crippen LogP contribution in [0.15, 0.2) is 72.9 Å². The quantitative estimate of drug-likeness (QED) is 0.329. The fourth-order valence-electron chi connectivity index (χ4n) is 3.32. The molecule has 0 amide bonds. The average molecular weight is 363 g/mol. The number of hydrogen-bond acceptors (Lipinski definition) is 2. The molecule has 0 aliphatic heterocycles. The van der Waals surface area contributed by atoms with Crippen LogP contribution in [0.4, 0.5) is 0 Å². The van der Waals surface area contributed by atoms with Gasteiger partial charge in [-0.3, -0.25) is 0 Å². The number of pyridine rings is 1. The number of rotatable bonds is 1. The summed E-state index contributed by atoms with van der Waals surface area (Å²) in [6.45, 7) is 0. The second kappa shape index (κ2) is 6.10. The van der Waals surface area contributed by atoms with Gasteiger partial charge in [0.15, 0.2) is 6.20 Å². The van der Waals surface area contributed by atoms with E-state index in [0.717, 1.165) is 10.5 Å². The van der Waals surface area contributed by atoms with Gasteiger partial charge >= 0.3 is 0 Å². The number of aryl methyl sites for hydroxylation is 1. The fraction of sp³-hybridized carbons (Fsp3) is 0.0476. The van der Waals surface area contributed by atoms with E-state index >= 15 is 0 Å². The van der Waals surface area contributed by atoms with Crippen LogP contribution in [-0.2, 0) is 7.05 Å². The molecule has 122 valence electrons. The number of thiazole rings is 1. The Labute approximate surface area is 155 Å². The van der Waals surface area contributed by atoms with Crippen molar-refractivity contribution < 1.29 is 17.0 Å². The number of halogens is 1. The number of fused-ring (bicyclic) bond motifs is 4. The smallest absolute Gasteiger partial charge is 0.212 e. The zero-order chi connectivity index (χ0) is 16.1. The van der Waals surface area contributed by atoms with E-state index in [1.807, 2.05) is 6.07 Å². The van der Waals surface area contributed by atoms with E-state index < -0.39 is 0 Å². The minimum atomic E-state index is 0. The molecule has 0 N–H and O–H groups in total. The highest BCUT2D eigenvalue weighted by molar-refractivity contribution is 7.21. The van der Waals surface area contributed by atoms with Gasteiger partial charge in [-0.1, -0.05) is 30.3 Å². The molecule has 2 aromatic heterocycles. The molecule has 5 aromatic rings. The third kappa shape index (κ3) is 2.56. The number of para-hydroxylation sites is 1. The molecule has 0 unspecified atom stereocenters. The zero-order valence-electron chi connectivity index (χ0n) is 13.6. The molecule has 25 heavy (non-hydrogen) atoms. The number of aromatic nitrogens is 2. The minimum absolute atomic E-state index is 0. The topological polar surface area (TPSA) is 16.8 Å². The van der Waals surface area contributed by atoms with Crippen LogP contribution < -0.4 is 17.0 Å². The van der Waals surface area contributed by atoms with Gasteiger partial charge < -0.3 is 12.4 Å². The van der Waals surface area contributed by atoms with Crippen molar-refractivity contribution in [2.75, 3.05) is 0 Å². The van der Waals surface area contributed by atoms with E-state index in [2.05, 4.69) is 78.5 Å². The Balaban J connectivity index is 0.00000157. The van der Waals surface area contributed by atoms with Gasteiger partial charge in [0, 0.05) is 22.4 Å². The second-order valence-corrected chi connectivity index (χ2v) is 7.08. The van der Waals surface area contributed by atoms with Crippen molar-refractivity contribution in [1.82, 2.24) is 4.98 Å². The Bertz CT molecular complexity index is 1190. The maximum absolute atomic E-state index is 4.80. The van der Waals surface area contributed by atoms with E-state index in [-0.39, 0.29) is 12.4 Å². The standard InChI is InChI=1S/C21H15N2S.ClH/c1-23-13-15-6-2-3-7-16(15)17-12-14(10-11-19(17)23)21-22-18-8-4-5-9-20(18)24-21;/h2-13H,1H3;1H/q+1;/p-1. The first-order chi connectivity index (χ1) is 11.8. The lowest BCUT2D eigenvalue weighted by Crippen LogP contribution is -3.00. The maximum Gasteiger partial charge on any atom is 0.212 e. The zero-order valence-corrected chi connectivity index (χ0v) is 15.2. The highest BCUT2D eigenvalue weighted by Gasteiger charge is 2.13. The first-order valence-corrected chi connectivity index (χ1v) is 8.78. The average Bonchev–Trinajstić information content (AvgIpc) is 3.06. The molecule has 3 aromatic carbocycles. The molecule has 2 heterocycles. The largest absolute Gasteiger partial charge is 1.00 e. The van der Waals surface area contributed by atoms with Crippen molar-refractivity contribution in [3.05, 3.63) is 72.9 Å². The van der Waals surface area contributed by atoms with Crippen molar-refractivity contribution >= 4 is 43.2 Å². The summed E-state index contributed by atoms with van der Waals surface area (Å²) in [5.41, 5.74) is 3.49. The Kier molecular flexibility index (Phi) is 3.91. The summed E-state index contributed by atoms with van der Waals surface area (Å²) in [7, 11) is 2.10. The fourth-order valence-corrected chi connectivity index (χ4v) is 4.28. The Morgan fingerprint density at radius 1 is 0.880 bits per heavy atom. The molecule has 0 saturated carbocycles. The van der Waals surface area contributed by atoms with Gasteiger partial charge in [0.2, 0.25) is 5.52 Å². The molecule has 0 spiro atoms. The number of benzene rings is 3. The summed E-state index contributed by atoms with van der Waals surface area (Å²) in [5, 5.41) is 4.89. The molecular formula is C21H15ClN2S. The lowest BCUT2D eigenvalue weighted by atomic mass is 10.0. The summed E-state index contributed by atoms with van der Waals surface area (Å²) < 4.78 is 3.43. The van der Waals surface area contributed by atoms with Crippen molar-refractivity contribution in [2.45, 2.75) is 0 Å². The number of hydrogen-bond donors (Lipinski definition) is 0. The molecule has 0 atom stereocenters. The third-order valence-corrected chi connectivity index (χ3v) is 5.59. The molecule has 0 fully saturated rings. The summed E-state index contributed by atoms with van der Waals surface area (Å²) in [6.07, 6.45) is 2.19. The highest BCUT2D eigenvalue weighted by atomic mass is 35.5. The van der Waals surface area contributed by atoms with Crippen LogP contribution in [0, 0.1) is 0 Å². The summed E-state index contributed by atoms with van der Waals surface area (Å²) in [5.74, 6) is 0. The summed E-state index contributed by atoms with van der Waals surface area (Å²) >= 11 is 1.75. The maximum atomic E-state index is 4.80. The lowest BCUT2D eigenvalue weighted by Gasteiger charge is -2.04. The predicted octanol–water partition coefficient (Wildman–Crippen LogP) is 2.10. The molecule has 0 bridgehead atoms. The molecular weight excluding hydrogens is 348 g/mol. The van der Waals surface area contributed by atoms with Gasteiger partial charge in [-0.05, 0) is 30.3 Å². The van der Waals surface area contributed by atoms with E-state index in [0.29, 0.717) is 0 Å². The lowest BCUT2D eigenvalue weighted by molar-refractivity contribution is -0.643. The van der Waals surface area contributed by atoms with Gasteiger partial charge in [-0.15, -0.1) is 11.3 Å². The van der Waals surface area contributed by atoms with Crippen molar-refractivity contribution in [3.63, 3.8) is 0 Å². The highest BCUT2D eigenvalue weighted by Crippen LogP contribution is 2.32. The third-order valence-electron chi connectivity index (χ3n) is 4.50. The molecule has 0 aliphatic rings. The van der Waals surface area contributed by atoms with Crippen LogP contribution >= 0.6 is 11.3 Å². The Morgan fingerprint density at radius 2 is 1.68 bits per heavy atom. The van der Waals surface area contributed by atoms with Gasteiger partial charge in [0.1, 0.15) is 12.1 Å². The molecule has 0 aliphatic carbocycles. The van der Waals surface area contributed by atoms with Crippen LogP contribution in [0.1, 0.15) is 0 Å². The normalized spacial score (nSPS) is 11.1. The van der Waals surface area contributed by atoms with E-state index in [4.69, 9.17) is 4.98 Å². The van der Waals surface area contributed by atoms with Gasteiger partial charge in [0.25, 0.3) is 0 Å². The van der Waals surface area contributed by atoms with Crippen LogP contribution in [0.25, 0.3) is 42.5 Å². The summed E-state index contributed by atoms with van der Waals surface area (Å²) in [6, 6.07) is 23.5. The second-order valence-electron chi connectivity index (χ2n) is 6.05. The van der Waals surface area contributed by atoms with Gasteiger partial charge in [-0.25, -0.2) is 9.55 Å². The molecule has 0 radical (unpaired) electrons. The Morgan fingerprint density at radius 3 is 2.56 bits per heavy atom. The van der Waals surface area contributed by atoms with E-state index in [1.165, 1.54) is 31.9 Å². The molecule has 0 saturated heterocycles. The van der Waals surface area contributed by atoms with E-state index in [1.54, 1.807) is 11.3 Å². The number of nitrogens with zero attached hydrogens (tertiary/aromatic N) is 2. The van der Waals surface area contributed by atoms with Gasteiger partial charge in [-0.2, -0.15) is 0 Å². The van der Waals surface area contributed by atoms with E-state index in [9.17, 15) is 0 Å². The molecule has 4 heteroatoms. The molecule has 5 rings (SSSR count). The molecule has 2 nitrogen and oxygen atoms in total. The van der Waals surface area contributed by atoms with Crippen molar-refractivity contribution in [1.29, 1.82) is 0 Å². The SMILES string of the molecule is C[n+]1cc2ccccc2c2cc(-c3nc4ccccc4s3)ccc21.[Cl-]. The summed E-state index contributed by atoms with van der Waals surface area (Å²) in [4.78, 5) is 4.80. The monoisotopic (exact) mass is 362 g/mol. The van der Waals surface area contributed by atoms with Crippen LogP contribution in [0.3, 0.4) is 0 Å².